The lowest BCUT2D eigenvalue weighted by atomic mass is 9.72. The van der Waals surface area contributed by atoms with Crippen molar-refractivity contribution in [3.05, 3.63) is 51.3 Å². The monoisotopic (exact) mass is 384 g/mol. The molecule has 4 rings (SSSR count). The Morgan fingerprint density at radius 1 is 1.33 bits per heavy atom. The maximum Gasteiger partial charge on any atom is 0.340 e. The Balaban J connectivity index is 2.07. The molecule has 0 radical (unpaired) electrons. The van der Waals surface area contributed by atoms with Crippen molar-refractivity contribution in [2.45, 2.75) is 46.1 Å². The highest BCUT2D eigenvalue weighted by Crippen LogP contribution is 2.52. The summed E-state index contributed by atoms with van der Waals surface area (Å²) in [6, 6.07) is 0. The maximum absolute atomic E-state index is 12.8. The summed E-state index contributed by atoms with van der Waals surface area (Å²) < 4.78 is 5.31. The Morgan fingerprint density at radius 3 is 2.74 bits per heavy atom. The number of carbonyl (C=O) groups is 2. The number of pyridine rings is 1. The van der Waals surface area contributed by atoms with E-state index in [4.69, 9.17) is 26.3 Å². The fourth-order valence-corrected chi connectivity index (χ4v) is 4.63. The number of aryl methyl sites for hydroxylation is 1. The van der Waals surface area contributed by atoms with E-state index in [9.17, 15) is 9.59 Å². The molecule has 0 fully saturated rings. The van der Waals surface area contributed by atoms with Gasteiger partial charge in [0.1, 0.15) is 5.54 Å². The molecule has 1 atom stereocenters. The molecule has 140 valence electrons. The van der Waals surface area contributed by atoms with E-state index in [0.29, 0.717) is 21.9 Å². The summed E-state index contributed by atoms with van der Waals surface area (Å²) in [5, 5.41) is 0.299. The summed E-state index contributed by atoms with van der Waals surface area (Å²) in [4.78, 5) is 34.4. The number of hydrogen-bond acceptors (Lipinski definition) is 5. The quantitative estimate of drug-likeness (QED) is 0.727. The summed E-state index contributed by atoms with van der Waals surface area (Å²) >= 11 is 6.58. The van der Waals surface area contributed by atoms with Crippen molar-refractivity contribution < 1.29 is 14.3 Å². The zero-order chi connectivity index (χ0) is 19.6. The second-order valence-corrected chi connectivity index (χ2v) is 8.47. The largest absolute Gasteiger partial charge is 0.462 e. The number of esters is 1. The maximum atomic E-state index is 12.8. The van der Waals surface area contributed by atoms with Crippen molar-refractivity contribution in [1.29, 1.82) is 0 Å². The van der Waals surface area contributed by atoms with E-state index in [1.54, 1.807) is 13.0 Å². The van der Waals surface area contributed by atoms with E-state index in [-0.39, 0.29) is 17.8 Å². The Hall–Kier alpha value is -2.27. The van der Waals surface area contributed by atoms with Gasteiger partial charge in [-0.15, -0.1) is 0 Å². The third-order valence-corrected chi connectivity index (χ3v) is 5.72. The van der Waals surface area contributed by atoms with Crippen molar-refractivity contribution in [1.82, 2.24) is 4.98 Å². The first-order valence-electron chi connectivity index (χ1n) is 9.09. The van der Waals surface area contributed by atoms with Crippen LogP contribution in [0.2, 0.25) is 0 Å². The normalized spacial score (nSPS) is 24.6. The molecule has 3 aliphatic rings. The van der Waals surface area contributed by atoms with Crippen LogP contribution in [0, 0.1) is 12.3 Å². The number of hydrogen-bond donors (Lipinski definition) is 0. The van der Waals surface area contributed by atoms with Gasteiger partial charge in [0.2, 0.25) is 0 Å². The van der Waals surface area contributed by atoms with Crippen LogP contribution in [0.3, 0.4) is 0 Å². The van der Waals surface area contributed by atoms with Gasteiger partial charge in [-0.05, 0) is 44.3 Å². The molecule has 1 unspecified atom stereocenters. The predicted octanol–water partition coefficient (Wildman–Crippen LogP) is 3.80. The molecule has 0 saturated heterocycles. The minimum Gasteiger partial charge on any atom is -0.462 e. The second-order valence-electron chi connectivity index (χ2n) is 8.06. The molecule has 2 heterocycles. The van der Waals surface area contributed by atoms with Crippen molar-refractivity contribution in [3.63, 3.8) is 0 Å². The number of aromatic nitrogens is 1. The van der Waals surface area contributed by atoms with Crippen LogP contribution in [0.5, 0.6) is 0 Å². The van der Waals surface area contributed by atoms with Gasteiger partial charge >= 0.3 is 5.97 Å². The molecule has 0 bridgehead atoms. The molecule has 0 saturated carbocycles. The van der Waals surface area contributed by atoms with Gasteiger partial charge in [0, 0.05) is 22.9 Å². The molecule has 27 heavy (non-hydrogen) atoms. The molecule has 1 aliphatic heterocycles. The molecule has 6 heteroatoms. The number of ketones is 1. The Labute approximate surface area is 163 Å². The standard InChI is InChI=1S/C21H21ClN2O3/c1-5-27-19(26)16-11(2)23-13-9-20(3,4)10-14-17(13)18(16)21(24-14)7-6-12(25)8-15(21)22/h6-8H,5,9-10H2,1-4H3. The summed E-state index contributed by atoms with van der Waals surface area (Å²) in [7, 11) is 0. The molecule has 5 nitrogen and oxygen atoms in total. The second kappa shape index (κ2) is 5.86. The lowest BCUT2D eigenvalue weighted by molar-refractivity contribution is -0.110. The van der Waals surface area contributed by atoms with Gasteiger partial charge in [-0.25, -0.2) is 4.79 Å². The Kier molecular flexibility index (Phi) is 3.93. The molecular formula is C21H21ClN2O3. The van der Waals surface area contributed by atoms with Gasteiger partial charge in [-0.1, -0.05) is 25.4 Å². The van der Waals surface area contributed by atoms with Crippen molar-refractivity contribution in [3.8, 4) is 0 Å². The average Bonchev–Trinajstić information content (AvgIpc) is 2.86. The van der Waals surface area contributed by atoms with E-state index < -0.39 is 11.5 Å². The highest BCUT2D eigenvalue weighted by molar-refractivity contribution is 6.34. The van der Waals surface area contributed by atoms with Crippen LogP contribution in [0.1, 0.15) is 60.1 Å². The number of carbonyl (C=O) groups excluding carboxylic acids is 2. The Bertz CT molecular complexity index is 988. The fraction of sp³-hybridized carbons (Fsp3) is 0.429. The number of aliphatic imine (C=N–C) groups is 1. The molecule has 1 spiro atoms. The first kappa shape index (κ1) is 18.1. The molecule has 0 N–H and O–H groups in total. The highest BCUT2D eigenvalue weighted by Gasteiger charge is 2.50. The van der Waals surface area contributed by atoms with Gasteiger partial charge in [0.05, 0.1) is 28.6 Å². The number of ether oxygens (including phenoxy) is 1. The lowest BCUT2D eigenvalue weighted by Gasteiger charge is -2.32. The minimum atomic E-state index is -1.05. The summed E-state index contributed by atoms with van der Waals surface area (Å²) in [5.74, 6) is -0.620. The SMILES string of the molecule is CCOC(=O)c1c(C)nc2c3c1C1(C=CC(=O)C=C1Cl)N=C3CC(C)(C)C2. The van der Waals surface area contributed by atoms with E-state index in [0.717, 1.165) is 29.8 Å². The summed E-state index contributed by atoms with van der Waals surface area (Å²) in [5.41, 5.74) is 3.38. The number of rotatable bonds is 2. The van der Waals surface area contributed by atoms with Crippen molar-refractivity contribution in [2.24, 2.45) is 10.4 Å². The topological polar surface area (TPSA) is 68.6 Å². The Morgan fingerprint density at radius 2 is 2.07 bits per heavy atom. The average molecular weight is 385 g/mol. The summed E-state index contributed by atoms with van der Waals surface area (Å²) in [6.45, 7) is 8.20. The van der Waals surface area contributed by atoms with Crippen LogP contribution < -0.4 is 0 Å². The minimum absolute atomic E-state index is 0.00388. The molecular weight excluding hydrogens is 364 g/mol. The number of fused-ring (bicyclic) bond motifs is 1. The third kappa shape index (κ3) is 2.59. The number of allylic oxidation sites excluding steroid dienone is 2. The van der Waals surface area contributed by atoms with Crippen molar-refractivity contribution >= 4 is 29.1 Å². The summed E-state index contributed by atoms with van der Waals surface area (Å²) in [6.07, 6.45) is 6.10. The van der Waals surface area contributed by atoms with Gasteiger partial charge in [0.15, 0.2) is 5.78 Å². The van der Waals surface area contributed by atoms with Gasteiger partial charge in [0.25, 0.3) is 0 Å². The van der Waals surface area contributed by atoms with Crippen LogP contribution in [0.15, 0.2) is 28.3 Å². The molecule has 1 aromatic rings. The first-order valence-corrected chi connectivity index (χ1v) is 9.47. The molecule has 0 amide bonds. The van der Waals surface area contributed by atoms with Gasteiger partial charge < -0.3 is 4.74 Å². The zero-order valence-electron chi connectivity index (χ0n) is 15.9. The third-order valence-electron chi connectivity index (χ3n) is 5.33. The van der Waals surface area contributed by atoms with Crippen LogP contribution in [0.4, 0.5) is 0 Å². The van der Waals surface area contributed by atoms with E-state index in [1.165, 1.54) is 12.2 Å². The first-order chi connectivity index (χ1) is 12.7. The molecule has 0 aromatic carbocycles. The lowest BCUT2D eigenvalue weighted by Crippen LogP contribution is -2.30. The fourth-order valence-electron chi connectivity index (χ4n) is 4.32. The van der Waals surface area contributed by atoms with Crippen LogP contribution in [-0.4, -0.2) is 29.1 Å². The molecule has 1 aromatic heterocycles. The van der Waals surface area contributed by atoms with E-state index >= 15 is 0 Å². The predicted molar refractivity (Wildman–Crippen MR) is 103 cm³/mol. The van der Waals surface area contributed by atoms with Crippen molar-refractivity contribution in [2.75, 3.05) is 6.61 Å². The van der Waals surface area contributed by atoms with Crippen LogP contribution in [-0.2, 0) is 21.5 Å². The number of nitrogens with zero attached hydrogens (tertiary/aromatic N) is 2. The van der Waals surface area contributed by atoms with E-state index in [2.05, 4.69) is 13.8 Å². The smallest absolute Gasteiger partial charge is 0.340 e. The van der Waals surface area contributed by atoms with Crippen LogP contribution in [0.25, 0.3) is 0 Å². The highest BCUT2D eigenvalue weighted by atomic mass is 35.5. The van der Waals surface area contributed by atoms with Crippen LogP contribution >= 0.6 is 11.6 Å². The van der Waals surface area contributed by atoms with Gasteiger partial charge in [-0.2, -0.15) is 0 Å². The number of halogens is 1. The van der Waals surface area contributed by atoms with E-state index in [1.807, 2.05) is 6.92 Å². The zero-order valence-corrected chi connectivity index (χ0v) is 16.6. The van der Waals surface area contributed by atoms with Gasteiger partial charge in [-0.3, -0.25) is 14.8 Å². The molecule has 2 aliphatic carbocycles.